The van der Waals surface area contributed by atoms with Crippen molar-refractivity contribution in [2.24, 2.45) is 5.92 Å². The summed E-state index contributed by atoms with van der Waals surface area (Å²) in [5.41, 5.74) is 0.927. The first-order valence-corrected chi connectivity index (χ1v) is 6.74. The summed E-state index contributed by atoms with van der Waals surface area (Å²) in [5.74, 6) is 0.337. The number of nitrogens with one attached hydrogen (secondary N) is 1. The fourth-order valence-electron chi connectivity index (χ4n) is 1.99. The van der Waals surface area contributed by atoms with Crippen LogP contribution in [0.3, 0.4) is 0 Å². The Bertz CT molecular complexity index is 376. The molecule has 3 heteroatoms. The van der Waals surface area contributed by atoms with Crippen LogP contribution in [0.15, 0.2) is 18.2 Å². The lowest BCUT2D eigenvalue weighted by Gasteiger charge is -2.16. The van der Waals surface area contributed by atoms with Crippen LogP contribution in [0.4, 0.5) is 4.39 Å². The van der Waals surface area contributed by atoms with Crippen molar-refractivity contribution in [3.8, 4) is 0 Å². The van der Waals surface area contributed by atoms with E-state index >= 15 is 0 Å². The lowest BCUT2D eigenvalue weighted by Crippen LogP contribution is -2.25. The standard InChI is InChI=1S/C14H19ClFN/c1-2-10(9-17-13-4-5-13)7-11-8-12(16)3-6-14(11)15/h3,6,8,10,13,17H,2,4-5,7,9H2,1H3. The average Bonchev–Trinajstić information content (AvgIpc) is 3.12. The van der Waals surface area contributed by atoms with Crippen molar-refractivity contribution >= 4 is 11.6 Å². The molecule has 0 saturated heterocycles. The summed E-state index contributed by atoms with van der Waals surface area (Å²) in [7, 11) is 0. The molecule has 1 atom stereocenters. The highest BCUT2D eigenvalue weighted by Crippen LogP contribution is 2.23. The summed E-state index contributed by atoms with van der Waals surface area (Å²) in [6.45, 7) is 3.18. The molecule has 0 radical (unpaired) electrons. The molecule has 17 heavy (non-hydrogen) atoms. The first-order chi connectivity index (χ1) is 8.19. The van der Waals surface area contributed by atoms with E-state index in [1.807, 2.05) is 0 Å². The van der Waals surface area contributed by atoms with Crippen LogP contribution >= 0.6 is 11.6 Å². The molecular formula is C14H19ClFN. The van der Waals surface area contributed by atoms with Gasteiger partial charge in [0.2, 0.25) is 0 Å². The summed E-state index contributed by atoms with van der Waals surface area (Å²) in [6, 6.07) is 5.34. The Labute approximate surface area is 107 Å². The predicted octanol–water partition coefficient (Wildman–Crippen LogP) is 3.80. The lowest BCUT2D eigenvalue weighted by molar-refractivity contribution is 0.457. The molecule has 0 aliphatic heterocycles. The van der Waals surface area contributed by atoms with E-state index in [1.54, 1.807) is 12.1 Å². The van der Waals surface area contributed by atoms with Crippen molar-refractivity contribution in [2.45, 2.75) is 38.6 Å². The Hall–Kier alpha value is -0.600. The van der Waals surface area contributed by atoms with Gasteiger partial charge in [-0.2, -0.15) is 0 Å². The molecule has 1 nitrogen and oxygen atoms in total. The van der Waals surface area contributed by atoms with Crippen LogP contribution in [0.1, 0.15) is 31.7 Å². The Morgan fingerprint density at radius 3 is 2.88 bits per heavy atom. The maximum Gasteiger partial charge on any atom is 0.123 e. The molecule has 0 aromatic heterocycles. The molecule has 1 aromatic carbocycles. The number of hydrogen-bond donors (Lipinski definition) is 1. The van der Waals surface area contributed by atoms with Gasteiger partial charge in [0, 0.05) is 11.1 Å². The average molecular weight is 256 g/mol. The Morgan fingerprint density at radius 1 is 1.47 bits per heavy atom. The highest BCUT2D eigenvalue weighted by molar-refractivity contribution is 6.31. The monoisotopic (exact) mass is 255 g/mol. The minimum absolute atomic E-state index is 0.200. The smallest absolute Gasteiger partial charge is 0.123 e. The van der Waals surface area contributed by atoms with Gasteiger partial charge in [0.05, 0.1) is 0 Å². The van der Waals surface area contributed by atoms with Crippen LogP contribution in [-0.4, -0.2) is 12.6 Å². The van der Waals surface area contributed by atoms with Gasteiger partial charge in [0.25, 0.3) is 0 Å². The molecule has 1 unspecified atom stereocenters. The largest absolute Gasteiger partial charge is 0.314 e. The Balaban J connectivity index is 1.93. The summed E-state index contributed by atoms with van der Waals surface area (Å²) >= 11 is 6.09. The molecule has 0 bridgehead atoms. The van der Waals surface area contributed by atoms with Crippen LogP contribution in [0, 0.1) is 11.7 Å². The van der Waals surface area contributed by atoms with Gasteiger partial charge in [-0.3, -0.25) is 0 Å². The third-order valence-electron chi connectivity index (χ3n) is 3.37. The maximum absolute atomic E-state index is 13.2. The summed E-state index contributed by atoms with van der Waals surface area (Å²) < 4.78 is 13.2. The minimum atomic E-state index is -0.200. The van der Waals surface area contributed by atoms with Crippen molar-refractivity contribution in [1.82, 2.24) is 5.32 Å². The zero-order chi connectivity index (χ0) is 12.3. The van der Waals surface area contributed by atoms with Crippen LogP contribution in [0.5, 0.6) is 0 Å². The molecule has 1 fully saturated rings. The van der Waals surface area contributed by atoms with E-state index in [9.17, 15) is 4.39 Å². The van der Waals surface area contributed by atoms with E-state index in [0.29, 0.717) is 10.9 Å². The minimum Gasteiger partial charge on any atom is -0.314 e. The fraction of sp³-hybridized carbons (Fsp3) is 0.571. The summed E-state index contributed by atoms with van der Waals surface area (Å²) in [4.78, 5) is 0. The number of halogens is 2. The Morgan fingerprint density at radius 2 is 2.24 bits per heavy atom. The van der Waals surface area contributed by atoms with Gasteiger partial charge in [-0.15, -0.1) is 0 Å². The topological polar surface area (TPSA) is 12.0 Å². The molecule has 1 saturated carbocycles. The maximum atomic E-state index is 13.2. The highest BCUT2D eigenvalue weighted by Gasteiger charge is 2.21. The SMILES string of the molecule is CCC(CNC1CC1)Cc1cc(F)ccc1Cl. The van der Waals surface area contributed by atoms with Gasteiger partial charge in [-0.1, -0.05) is 24.9 Å². The van der Waals surface area contributed by atoms with E-state index < -0.39 is 0 Å². The van der Waals surface area contributed by atoms with E-state index in [4.69, 9.17) is 11.6 Å². The first-order valence-electron chi connectivity index (χ1n) is 6.36. The molecule has 1 aromatic rings. The molecule has 1 aliphatic rings. The van der Waals surface area contributed by atoms with Crippen LogP contribution in [0.2, 0.25) is 5.02 Å². The van der Waals surface area contributed by atoms with Crippen molar-refractivity contribution in [3.63, 3.8) is 0 Å². The lowest BCUT2D eigenvalue weighted by atomic mass is 9.96. The van der Waals surface area contributed by atoms with E-state index in [-0.39, 0.29) is 5.82 Å². The van der Waals surface area contributed by atoms with Crippen LogP contribution in [0.25, 0.3) is 0 Å². The Kier molecular flexibility index (Phi) is 4.41. The van der Waals surface area contributed by atoms with Gasteiger partial charge in [-0.05, 0) is 55.5 Å². The zero-order valence-corrected chi connectivity index (χ0v) is 10.9. The second-order valence-corrected chi connectivity index (χ2v) is 5.30. The summed E-state index contributed by atoms with van der Waals surface area (Å²) in [5, 5.41) is 4.20. The second-order valence-electron chi connectivity index (χ2n) is 4.90. The quantitative estimate of drug-likeness (QED) is 0.815. The third-order valence-corrected chi connectivity index (χ3v) is 3.73. The van der Waals surface area contributed by atoms with Gasteiger partial charge in [0.1, 0.15) is 5.82 Å². The van der Waals surface area contributed by atoms with Crippen LogP contribution in [-0.2, 0) is 6.42 Å². The fourth-order valence-corrected chi connectivity index (χ4v) is 2.19. The summed E-state index contributed by atoms with van der Waals surface area (Å²) in [6.07, 6.45) is 4.55. The van der Waals surface area contributed by atoms with Gasteiger partial charge >= 0.3 is 0 Å². The number of rotatable bonds is 6. The second kappa shape index (κ2) is 5.83. The van der Waals surface area contributed by atoms with Crippen molar-refractivity contribution < 1.29 is 4.39 Å². The molecule has 1 N–H and O–H groups in total. The molecule has 0 amide bonds. The molecule has 2 rings (SSSR count). The normalized spacial score (nSPS) is 17.1. The van der Waals surface area contributed by atoms with E-state index in [1.165, 1.54) is 18.9 Å². The van der Waals surface area contributed by atoms with Gasteiger partial charge in [-0.25, -0.2) is 4.39 Å². The number of hydrogen-bond acceptors (Lipinski definition) is 1. The molecule has 0 spiro atoms. The van der Waals surface area contributed by atoms with Crippen molar-refractivity contribution in [1.29, 1.82) is 0 Å². The first kappa shape index (κ1) is 12.8. The third kappa shape index (κ3) is 3.97. The predicted molar refractivity (Wildman–Crippen MR) is 69.9 cm³/mol. The molecule has 0 heterocycles. The zero-order valence-electron chi connectivity index (χ0n) is 10.2. The van der Waals surface area contributed by atoms with Crippen molar-refractivity contribution in [2.75, 3.05) is 6.54 Å². The molecule has 1 aliphatic carbocycles. The molecular weight excluding hydrogens is 237 g/mol. The van der Waals surface area contributed by atoms with Crippen molar-refractivity contribution in [3.05, 3.63) is 34.6 Å². The van der Waals surface area contributed by atoms with Gasteiger partial charge < -0.3 is 5.32 Å². The highest BCUT2D eigenvalue weighted by atomic mass is 35.5. The van der Waals surface area contributed by atoms with Crippen LogP contribution < -0.4 is 5.32 Å². The van der Waals surface area contributed by atoms with Gasteiger partial charge in [0.15, 0.2) is 0 Å². The van der Waals surface area contributed by atoms with E-state index in [0.717, 1.165) is 31.0 Å². The number of benzene rings is 1. The van der Waals surface area contributed by atoms with E-state index in [2.05, 4.69) is 12.2 Å². The molecule has 94 valence electrons.